The Morgan fingerprint density at radius 3 is 2.38 bits per heavy atom. The molecule has 112 valence electrons. The van der Waals surface area contributed by atoms with Gasteiger partial charge in [-0.15, -0.1) is 0 Å². The summed E-state index contributed by atoms with van der Waals surface area (Å²) < 4.78 is 11.5. The summed E-state index contributed by atoms with van der Waals surface area (Å²) in [6.45, 7) is 0. The van der Waals surface area contributed by atoms with E-state index in [1.165, 1.54) is 0 Å². The molecule has 0 aliphatic carbocycles. The molecule has 0 radical (unpaired) electrons. The number of rotatable bonds is 5. The lowest BCUT2D eigenvalue weighted by molar-refractivity contribution is 0.354. The van der Waals surface area contributed by atoms with Crippen molar-refractivity contribution in [1.29, 1.82) is 0 Å². The zero-order chi connectivity index (χ0) is 15.4. The first kappa shape index (κ1) is 16.1. The van der Waals surface area contributed by atoms with E-state index in [-0.39, 0.29) is 6.04 Å². The Bertz CT molecular complexity index is 634. The number of benzene rings is 2. The number of nitrogens with two attached hydrogens (primary N) is 1. The zero-order valence-corrected chi connectivity index (χ0v) is 14.2. The van der Waals surface area contributed by atoms with Crippen molar-refractivity contribution < 1.29 is 9.47 Å². The van der Waals surface area contributed by atoms with Crippen molar-refractivity contribution in [3.05, 3.63) is 57.0 Å². The van der Waals surface area contributed by atoms with E-state index in [2.05, 4.69) is 15.9 Å². The molecule has 2 rings (SSSR count). The average Bonchev–Trinajstić information content (AvgIpc) is 2.49. The summed E-state index contributed by atoms with van der Waals surface area (Å²) in [6, 6.07) is 11.3. The predicted molar refractivity (Wildman–Crippen MR) is 89.3 cm³/mol. The van der Waals surface area contributed by atoms with E-state index >= 15 is 0 Å². The van der Waals surface area contributed by atoms with Crippen molar-refractivity contribution in [2.45, 2.75) is 12.5 Å². The van der Waals surface area contributed by atoms with Gasteiger partial charge in [-0.3, -0.25) is 0 Å². The van der Waals surface area contributed by atoms with Crippen LogP contribution in [0.2, 0.25) is 5.02 Å². The molecule has 0 bridgehead atoms. The van der Waals surface area contributed by atoms with Crippen molar-refractivity contribution in [1.82, 2.24) is 0 Å². The summed E-state index contributed by atoms with van der Waals surface area (Å²) >= 11 is 9.73. The van der Waals surface area contributed by atoms with Crippen LogP contribution >= 0.6 is 27.5 Å². The van der Waals surface area contributed by atoms with Crippen molar-refractivity contribution in [3.63, 3.8) is 0 Å². The summed E-state index contributed by atoms with van der Waals surface area (Å²) in [7, 11) is 3.21. The molecule has 21 heavy (non-hydrogen) atoms. The van der Waals surface area contributed by atoms with Gasteiger partial charge in [0.1, 0.15) is 0 Å². The highest BCUT2D eigenvalue weighted by Crippen LogP contribution is 2.36. The quantitative estimate of drug-likeness (QED) is 0.850. The Morgan fingerprint density at radius 2 is 1.76 bits per heavy atom. The van der Waals surface area contributed by atoms with Crippen LogP contribution in [0.25, 0.3) is 0 Å². The second-order valence-corrected chi connectivity index (χ2v) is 5.89. The molecule has 5 heteroatoms. The molecule has 1 unspecified atom stereocenters. The van der Waals surface area contributed by atoms with E-state index in [9.17, 15) is 0 Å². The molecule has 0 saturated carbocycles. The van der Waals surface area contributed by atoms with Crippen molar-refractivity contribution >= 4 is 27.5 Å². The first-order valence-corrected chi connectivity index (χ1v) is 7.64. The molecule has 2 N–H and O–H groups in total. The number of hydrogen-bond donors (Lipinski definition) is 1. The molecule has 0 aliphatic rings. The van der Waals surface area contributed by atoms with Gasteiger partial charge in [0.05, 0.1) is 14.2 Å². The normalized spacial score (nSPS) is 12.0. The molecule has 0 fully saturated rings. The smallest absolute Gasteiger partial charge is 0.161 e. The van der Waals surface area contributed by atoms with Crippen LogP contribution in [0.3, 0.4) is 0 Å². The summed E-state index contributed by atoms with van der Waals surface area (Å²) in [5.74, 6) is 1.32. The van der Waals surface area contributed by atoms with Gasteiger partial charge < -0.3 is 15.2 Å². The Balaban J connectivity index is 2.31. The highest BCUT2D eigenvalue weighted by atomic mass is 79.9. The van der Waals surface area contributed by atoms with E-state index in [1.807, 2.05) is 36.4 Å². The van der Waals surface area contributed by atoms with Crippen LogP contribution in [0.15, 0.2) is 40.9 Å². The third kappa shape index (κ3) is 3.70. The van der Waals surface area contributed by atoms with Crippen LogP contribution in [0.4, 0.5) is 0 Å². The molecule has 2 aromatic rings. The Labute approximate surface area is 138 Å². The fraction of sp³-hybridized carbons (Fsp3) is 0.250. The fourth-order valence-electron chi connectivity index (χ4n) is 2.16. The van der Waals surface area contributed by atoms with Crippen LogP contribution in [0, 0.1) is 0 Å². The van der Waals surface area contributed by atoms with Gasteiger partial charge in [0.25, 0.3) is 0 Å². The summed E-state index contributed by atoms with van der Waals surface area (Å²) in [4.78, 5) is 0. The SMILES string of the molecule is COc1cc(Br)c(C(N)Cc2ccccc2Cl)cc1OC. The highest BCUT2D eigenvalue weighted by molar-refractivity contribution is 9.10. The van der Waals surface area contributed by atoms with Gasteiger partial charge in [-0.2, -0.15) is 0 Å². The third-order valence-electron chi connectivity index (χ3n) is 3.30. The lowest BCUT2D eigenvalue weighted by Gasteiger charge is -2.17. The molecule has 2 aromatic carbocycles. The minimum absolute atomic E-state index is 0.195. The minimum atomic E-state index is -0.195. The van der Waals surface area contributed by atoms with Gasteiger partial charge >= 0.3 is 0 Å². The van der Waals surface area contributed by atoms with Crippen molar-refractivity contribution in [2.24, 2.45) is 5.73 Å². The summed E-state index contributed by atoms with van der Waals surface area (Å²) in [5.41, 5.74) is 8.30. The Morgan fingerprint density at radius 1 is 1.14 bits per heavy atom. The van der Waals surface area contributed by atoms with Crippen LogP contribution in [-0.2, 0) is 6.42 Å². The van der Waals surface area contributed by atoms with Crippen molar-refractivity contribution in [2.75, 3.05) is 14.2 Å². The van der Waals surface area contributed by atoms with Gasteiger partial charge in [0.15, 0.2) is 11.5 Å². The molecule has 3 nitrogen and oxygen atoms in total. The van der Waals surface area contributed by atoms with E-state index < -0.39 is 0 Å². The molecule has 0 saturated heterocycles. The molecule has 1 atom stereocenters. The van der Waals surface area contributed by atoms with Gasteiger partial charge in [-0.1, -0.05) is 45.7 Å². The number of hydrogen-bond acceptors (Lipinski definition) is 3. The largest absolute Gasteiger partial charge is 0.493 e. The van der Waals surface area contributed by atoms with Crippen LogP contribution in [0.1, 0.15) is 17.2 Å². The maximum atomic E-state index is 6.33. The van der Waals surface area contributed by atoms with Gasteiger partial charge in [-0.25, -0.2) is 0 Å². The molecule has 0 spiro atoms. The monoisotopic (exact) mass is 369 g/mol. The molecule has 0 aromatic heterocycles. The Kier molecular flexibility index (Phi) is 5.51. The second kappa shape index (κ2) is 7.16. The summed E-state index contributed by atoms with van der Waals surface area (Å²) in [5, 5.41) is 0.726. The lowest BCUT2D eigenvalue weighted by atomic mass is 9.99. The van der Waals surface area contributed by atoms with E-state index in [0.29, 0.717) is 17.9 Å². The van der Waals surface area contributed by atoms with Gasteiger partial charge in [0, 0.05) is 15.5 Å². The predicted octanol–water partition coefficient (Wildman–Crippen LogP) is 4.36. The zero-order valence-electron chi connectivity index (χ0n) is 11.9. The highest BCUT2D eigenvalue weighted by Gasteiger charge is 2.16. The maximum Gasteiger partial charge on any atom is 0.161 e. The molecule has 0 aliphatic heterocycles. The first-order chi connectivity index (χ1) is 10.1. The summed E-state index contributed by atoms with van der Waals surface area (Å²) in [6.07, 6.45) is 0.647. The van der Waals surface area contributed by atoms with Crippen LogP contribution in [0.5, 0.6) is 11.5 Å². The van der Waals surface area contributed by atoms with Gasteiger partial charge in [0.2, 0.25) is 0 Å². The molecule has 0 amide bonds. The Hall–Kier alpha value is -1.23. The minimum Gasteiger partial charge on any atom is -0.493 e. The number of methoxy groups -OCH3 is 2. The standard InChI is InChI=1S/C16H17BrClNO2/c1-20-15-8-11(12(17)9-16(15)21-2)14(19)7-10-5-3-4-6-13(10)18/h3-6,8-9,14H,7,19H2,1-2H3. The molecule has 0 heterocycles. The van der Waals surface area contributed by atoms with E-state index in [4.69, 9.17) is 26.8 Å². The first-order valence-electron chi connectivity index (χ1n) is 6.47. The number of ether oxygens (including phenoxy) is 2. The van der Waals surface area contributed by atoms with Crippen LogP contribution in [-0.4, -0.2) is 14.2 Å². The van der Waals surface area contributed by atoms with Crippen molar-refractivity contribution in [3.8, 4) is 11.5 Å². The average molecular weight is 371 g/mol. The topological polar surface area (TPSA) is 44.5 Å². The van der Waals surface area contributed by atoms with E-state index in [0.717, 1.165) is 20.6 Å². The third-order valence-corrected chi connectivity index (χ3v) is 4.36. The lowest BCUT2D eigenvalue weighted by Crippen LogP contribution is -2.14. The maximum absolute atomic E-state index is 6.33. The van der Waals surface area contributed by atoms with E-state index in [1.54, 1.807) is 14.2 Å². The molecular formula is C16H17BrClNO2. The second-order valence-electron chi connectivity index (χ2n) is 4.63. The van der Waals surface area contributed by atoms with Crippen LogP contribution < -0.4 is 15.2 Å². The molecular weight excluding hydrogens is 354 g/mol. The van der Waals surface area contributed by atoms with Gasteiger partial charge in [-0.05, 0) is 35.7 Å². The fourth-order valence-corrected chi connectivity index (χ4v) is 2.99. The number of halogens is 2.